The SMILES string of the molecule is CNC(CC1CCCc2ccccc21)CS(C)(=O)=O. The lowest BCUT2D eigenvalue weighted by molar-refractivity contribution is 0.448. The van der Waals surface area contributed by atoms with Crippen LogP contribution in [0.2, 0.25) is 0 Å². The summed E-state index contributed by atoms with van der Waals surface area (Å²) in [4.78, 5) is 0. The van der Waals surface area contributed by atoms with Crippen LogP contribution in [0.1, 0.15) is 36.3 Å². The highest BCUT2D eigenvalue weighted by Gasteiger charge is 2.24. The summed E-state index contributed by atoms with van der Waals surface area (Å²) in [5.41, 5.74) is 2.86. The van der Waals surface area contributed by atoms with Crippen LogP contribution in [0.5, 0.6) is 0 Å². The number of aryl methyl sites for hydroxylation is 1. The van der Waals surface area contributed by atoms with Crippen LogP contribution < -0.4 is 5.32 Å². The first kappa shape index (κ1) is 14.5. The highest BCUT2D eigenvalue weighted by atomic mass is 32.2. The van der Waals surface area contributed by atoms with Crippen molar-refractivity contribution in [1.29, 1.82) is 0 Å². The molecule has 0 heterocycles. The van der Waals surface area contributed by atoms with E-state index in [2.05, 4.69) is 29.6 Å². The molecule has 0 spiro atoms. The molecule has 1 aliphatic carbocycles. The maximum absolute atomic E-state index is 11.4. The van der Waals surface area contributed by atoms with E-state index in [-0.39, 0.29) is 11.8 Å². The first-order valence-electron chi connectivity index (χ1n) is 6.92. The van der Waals surface area contributed by atoms with Crippen molar-refractivity contribution < 1.29 is 8.42 Å². The zero-order valence-corrected chi connectivity index (χ0v) is 12.5. The smallest absolute Gasteiger partial charge is 0.148 e. The number of sulfone groups is 1. The van der Waals surface area contributed by atoms with Crippen molar-refractivity contribution in [2.75, 3.05) is 19.1 Å². The summed E-state index contributed by atoms with van der Waals surface area (Å²) in [5.74, 6) is 0.714. The second kappa shape index (κ2) is 6.06. The molecule has 0 saturated carbocycles. The van der Waals surface area contributed by atoms with Crippen LogP contribution in [0.25, 0.3) is 0 Å². The second-order valence-electron chi connectivity index (χ2n) is 5.60. The van der Waals surface area contributed by atoms with Gasteiger partial charge in [0.1, 0.15) is 9.84 Å². The first-order valence-corrected chi connectivity index (χ1v) is 8.98. The van der Waals surface area contributed by atoms with Gasteiger partial charge in [-0.15, -0.1) is 0 Å². The van der Waals surface area contributed by atoms with Crippen molar-refractivity contribution >= 4 is 9.84 Å². The fourth-order valence-electron chi connectivity index (χ4n) is 3.08. The molecule has 1 N–H and O–H groups in total. The predicted molar refractivity (Wildman–Crippen MR) is 79.3 cm³/mol. The normalized spacial score (nSPS) is 20.8. The minimum Gasteiger partial charge on any atom is -0.316 e. The molecule has 2 atom stereocenters. The largest absolute Gasteiger partial charge is 0.316 e. The summed E-state index contributed by atoms with van der Waals surface area (Å²) < 4.78 is 22.9. The standard InChI is InChI=1S/C15H23NO2S/c1-16-14(11-19(2,17)18)10-13-8-5-7-12-6-3-4-9-15(12)13/h3-4,6,9,13-14,16H,5,7-8,10-11H2,1-2H3. The van der Waals surface area contributed by atoms with Gasteiger partial charge in [-0.05, 0) is 49.8 Å². The van der Waals surface area contributed by atoms with Gasteiger partial charge in [0.25, 0.3) is 0 Å². The summed E-state index contributed by atoms with van der Waals surface area (Å²) in [6, 6.07) is 8.62. The quantitative estimate of drug-likeness (QED) is 0.899. The molecule has 1 aromatic rings. The zero-order valence-electron chi connectivity index (χ0n) is 11.7. The first-order chi connectivity index (χ1) is 8.99. The monoisotopic (exact) mass is 281 g/mol. The van der Waals surface area contributed by atoms with E-state index < -0.39 is 9.84 Å². The van der Waals surface area contributed by atoms with Crippen LogP contribution in [-0.2, 0) is 16.3 Å². The molecule has 0 fully saturated rings. The molecule has 0 radical (unpaired) electrons. The molecule has 4 heteroatoms. The third-order valence-corrected chi connectivity index (χ3v) is 4.98. The fraction of sp³-hybridized carbons (Fsp3) is 0.600. The van der Waals surface area contributed by atoms with E-state index >= 15 is 0 Å². The van der Waals surface area contributed by atoms with E-state index in [4.69, 9.17) is 0 Å². The van der Waals surface area contributed by atoms with Gasteiger partial charge < -0.3 is 5.32 Å². The van der Waals surface area contributed by atoms with Gasteiger partial charge in [0.15, 0.2) is 0 Å². The Balaban J connectivity index is 2.11. The molecule has 0 aliphatic heterocycles. The third-order valence-electron chi connectivity index (χ3n) is 3.97. The summed E-state index contributed by atoms with van der Waals surface area (Å²) in [7, 11) is -1.07. The van der Waals surface area contributed by atoms with Crippen LogP contribution in [0.4, 0.5) is 0 Å². The second-order valence-corrected chi connectivity index (χ2v) is 7.79. The lowest BCUT2D eigenvalue weighted by Gasteiger charge is -2.28. The van der Waals surface area contributed by atoms with Crippen molar-refractivity contribution in [2.24, 2.45) is 0 Å². The van der Waals surface area contributed by atoms with Crippen molar-refractivity contribution in [3.63, 3.8) is 0 Å². The Morgan fingerprint density at radius 2 is 2.11 bits per heavy atom. The van der Waals surface area contributed by atoms with Gasteiger partial charge in [0, 0.05) is 12.3 Å². The number of hydrogen-bond acceptors (Lipinski definition) is 3. The summed E-state index contributed by atoms with van der Waals surface area (Å²) >= 11 is 0. The van der Waals surface area contributed by atoms with E-state index in [0.717, 1.165) is 12.8 Å². The van der Waals surface area contributed by atoms with E-state index in [1.54, 1.807) is 0 Å². The topological polar surface area (TPSA) is 46.2 Å². The molecule has 1 aliphatic rings. The van der Waals surface area contributed by atoms with Crippen LogP contribution in [0.3, 0.4) is 0 Å². The average Bonchev–Trinajstić information content (AvgIpc) is 2.37. The molecule has 2 unspecified atom stereocenters. The number of hydrogen-bond donors (Lipinski definition) is 1. The van der Waals surface area contributed by atoms with Gasteiger partial charge in [-0.1, -0.05) is 24.3 Å². The number of fused-ring (bicyclic) bond motifs is 1. The number of nitrogens with one attached hydrogen (secondary N) is 1. The molecule has 0 saturated heterocycles. The van der Waals surface area contributed by atoms with Gasteiger partial charge in [-0.3, -0.25) is 0 Å². The molecular weight excluding hydrogens is 258 g/mol. The minimum atomic E-state index is -2.93. The molecule has 1 aromatic carbocycles. The predicted octanol–water partition coefficient (Wildman–Crippen LogP) is 2.13. The summed E-state index contributed by atoms with van der Waals surface area (Å²) in [6.07, 6.45) is 5.74. The van der Waals surface area contributed by atoms with Gasteiger partial charge in [0.2, 0.25) is 0 Å². The molecule has 3 nitrogen and oxygen atoms in total. The Kier molecular flexibility index (Phi) is 4.63. The number of rotatable bonds is 5. The van der Waals surface area contributed by atoms with Crippen molar-refractivity contribution in [3.8, 4) is 0 Å². The molecule has 0 amide bonds. The highest BCUT2D eigenvalue weighted by molar-refractivity contribution is 7.90. The fourth-order valence-corrected chi connectivity index (χ4v) is 4.11. The van der Waals surface area contributed by atoms with Crippen molar-refractivity contribution in [1.82, 2.24) is 5.32 Å². The molecule has 0 bridgehead atoms. The summed E-state index contributed by atoms with van der Waals surface area (Å²) in [6.45, 7) is 0. The van der Waals surface area contributed by atoms with Gasteiger partial charge in [0.05, 0.1) is 5.75 Å². The van der Waals surface area contributed by atoms with Crippen LogP contribution in [0.15, 0.2) is 24.3 Å². The van der Waals surface area contributed by atoms with Gasteiger partial charge in [-0.2, -0.15) is 0 Å². The maximum Gasteiger partial charge on any atom is 0.148 e. The highest BCUT2D eigenvalue weighted by Crippen LogP contribution is 2.34. The van der Waals surface area contributed by atoms with E-state index in [0.29, 0.717) is 5.92 Å². The minimum absolute atomic E-state index is 0.0474. The van der Waals surface area contributed by atoms with Crippen LogP contribution >= 0.6 is 0 Å². The Morgan fingerprint density at radius 3 is 2.79 bits per heavy atom. The zero-order chi connectivity index (χ0) is 13.9. The Morgan fingerprint density at radius 1 is 1.37 bits per heavy atom. The molecular formula is C15H23NO2S. The molecule has 19 heavy (non-hydrogen) atoms. The van der Waals surface area contributed by atoms with Crippen molar-refractivity contribution in [2.45, 2.75) is 37.6 Å². The lowest BCUT2D eigenvalue weighted by Crippen LogP contribution is -2.34. The molecule has 106 valence electrons. The van der Waals surface area contributed by atoms with Gasteiger partial charge in [-0.25, -0.2) is 8.42 Å². The average molecular weight is 281 g/mol. The maximum atomic E-state index is 11.4. The number of benzene rings is 1. The Hall–Kier alpha value is -0.870. The van der Waals surface area contributed by atoms with E-state index in [1.807, 2.05) is 7.05 Å². The van der Waals surface area contributed by atoms with Crippen molar-refractivity contribution in [3.05, 3.63) is 35.4 Å². The lowest BCUT2D eigenvalue weighted by atomic mass is 9.80. The van der Waals surface area contributed by atoms with Crippen LogP contribution in [0, 0.1) is 0 Å². The Bertz CT molecular complexity index is 525. The van der Waals surface area contributed by atoms with E-state index in [9.17, 15) is 8.42 Å². The van der Waals surface area contributed by atoms with E-state index in [1.165, 1.54) is 30.2 Å². The van der Waals surface area contributed by atoms with Gasteiger partial charge >= 0.3 is 0 Å². The Labute approximate surface area is 116 Å². The third kappa shape index (κ3) is 4.05. The van der Waals surface area contributed by atoms with Crippen LogP contribution in [-0.4, -0.2) is 33.5 Å². The summed E-state index contributed by atoms with van der Waals surface area (Å²) in [5, 5.41) is 3.16. The molecule has 0 aromatic heterocycles. The molecule has 2 rings (SSSR count).